The molecule has 1 heterocycles. The first-order chi connectivity index (χ1) is 15.3. The SMILES string of the molecule is Cc1ccc(C)c(-n2c(SCC(=O)Nc3ccc(F)cc3F)nc3ccccc3c2=O)c1. The lowest BCUT2D eigenvalue weighted by Gasteiger charge is -2.16. The van der Waals surface area contributed by atoms with E-state index in [1.165, 1.54) is 4.57 Å². The molecular weight excluding hydrogens is 432 g/mol. The lowest BCUT2D eigenvalue weighted by atomic mass is 10.1. The lowest BCUT2D eigenvalue weighted by molar-refractivity contribution is -0.113. The highest BCUT2D eigenvalue weighted by Gasteiger charge is 2.17. The Morgan fingerprint density at radius 1 is 1.06 bits per heavy atom. The maximum absolute atomic E-state index is 13.8. The number of hydrogen-bond acceptors (Lipinski definition) is 4. The number of aromatic nitrogens is 2. The minimum atomic E-state index is -0.862. The fraction of sp³-hybridized carbons (Fsp3) is 0.125. The Hall–Kier alpha value is -3.52. The second kappa shape index (κ2) is 8.92. The van der Waals surface area contributed by atoms with Crippen LogP contribution >= 0.6 is 11.8 Å². The van der Waals surface area contributed by atoms with Crippen molar-refractivity contribution in [3.8, 4) is 5.69 Å². The number of fused-ring (bicyclic) bond motifs is 1. The molecule has 3 aromatic carbocycles. The van der Waals surface area contributed by atoms with Gasteiger partial charge in [0, 0.05) is 6.07 Å². The van der Waals surface area contributed by atoms with Crippen molar-refractivity contribution in [2.45, 2.75) is 19.0 Å². The Kier molecular flexibility index (Phi) is 6.05. The van der Waals surface area contributed by atoms with Crippen LogP contribution in [0.4, 0.5) is 14.5 Å². The predicted molar refractivity (Wildman–Crippen MR) is 123 cm³/mol. The van der Waals surface area contributed by atoms with E-state index in [9.17, 15) is 18.4 Å². The number of carbonyl (C=O) groups excluding carboxylic acids is 1. The van der Waals surface area contributed by atoms with Crippen LogP contribution in [0, 0.1) is 25.5 Å². The summed E-state index contributed by atoms with van der Waals surface area (Å²) >= 11 is 1.07. The van der Waals surface area contributed by atoms with Crippen LogP contribution in [0.5, 0.6) is 0 Å². The fourth-order valence-corrected chi connectivity index (χ4v) is 4.09. The Bertz CT molecular complexity index is 1400. The van der Waals surface area contributed by atoms with Gasteiger partial charge in [-0.05, 0) is 55.3 Å². The van der Waals surface area contributed by atoms with Crippen molar-refractivity contribution >= 4 is 34.3 Å². The van der Waals surface area contributed by atoms with Crippen molar-refractivity contribution in [3.05, 3.63) is 93.8 Å². The monoisotopic (exact) mass is 451 g/mol. The Labute approximate surface area is 187 Å². The highest BCUT2D eigenvalue weighted by molar-refractivity contribution is 7.99. The van der Waals surface area contributed by atoms with Gasteiger partial charge in [0.05, 0.1) is 28.0 Å². The Balaban J connectivity index is 1.70. The maximum atomic E-state index is 13.8. The summed E-state index contributed by atoms with van der Waals surface area (Å²) in [6, 6.07) is 15.7. The van der Waals surface area contributed by atoms with Gasteiger partial charge < -0.3 is 5.32 Å². The van der Waals surface area contributed by atoms with Gasteiger partial charge in [0.25, 0.3) is 5.56 Å². The van der Waals surface area contributed by atoms with Gasteiger partial charge in [0.2, 0.25) is 5.91 Å². The summed E-state index contributed by atoms with van der Waals surface area (Å²) in [6.07, 6.45) is 0. The third kappa shape index (κ3) is 4.40. The topological polar surface area (TPSA) is 64.0 Å². The molecule has 0 spiro atoms. The van der Waals surface area contributed by atoms with Crippen LogP contribution in [0.3, 0.4) is 0 Å². The van der Waals surface area contributed by atoms with Gasteiger partial charge in [-0.3, -0.25) is 14.2 Å². The average molecular weight is 451 g/mol. The van der Waals surface area contributed by atoms with Crippen LogP contribution in [-0.4, -0.2) is 21.2 Å². The summed E-state index contributed by atoms with van der Waals surface area (Å²) in [7, 11) is 0. The molecule has 0 fully saturated rings. The first kappa shape index (κ1) is 21.7. The van der Waals surface area contributed by atoms with Gasteiger partial charge in [-0.15, -0.1) is 0 Å². The molecule has 0 aliphatic heterocycles. The summed E-state index contributed by atoms with van der Waals surface area (Å²) in [5, 5.41) is 3.24. The number of nitrogens with zero attached hydrogens (tertiary/aromatic N) is 2. The lowest BCUT2D eigenvalue weighted by Crippen LogP contribution is -2.23. The largest absolute Gasteiger partial charge is 0.323 e. The first-order valence-electron chi connectivity index (χ1n) is 9.80. The van der Waals surface area contributed by atoms with Crippen molar-refractivity contribution in [1.82, 2.24) is 9.55 Å². The van der Waals surface area contributed by atoms with Crippen molar-refractivity contribution < 1.29 is 13.6 Å². The number of carbonyl (C=O) groups is 1. The predicted octanol–water partition coefficient (Wildman–Crippen LogP) is 5.01. The maximum Gasteiger partial charge on any atom is 0.266 e. The zero-order chi connectivity index (χ0) is 22.8. The third-order valence-electron chi connectivity index (χ3n) is 4.89. The molecular formula is C24H19F2N3O2S. The highest BCUT2D eigenvalue weighted by Crippen LogP contribution is 2.24. The number of para-hydroxylation sites is 1. The van der Waals surface area contributed by atoms with Crippen LogP contribution < -0.4 is 10.9 Å². The minimum Gasteiger partial charge on any atom is -0.323 e. The summed E-state index contributed by atoms with van der Waals surface area (Å²) in [5.41, 5.74) is 2.71. The van der Waals surface area contributed by atoms with E-state index >= 15 is 0 Å². The standard InChI is InChI=1S/C24H19F2N3O2S/c1-14-7-8-15(2)21(11-14)29-23(31)17-5-3-4-6-19(17)28-24(29)32-13-22(30)27-20-10-9-16(25)12-18(20)26/h3-12H,13H2,1-2H3,(H,27,30). The molecule has 8 heteroatoms. The van der Waals surface area contributed by atoms with Gasteiger partial charge in [-0.1, -0.05) is 36.0 Å². The molecule has 0 aliphatic carbocycles. The highest BCUT2D eigenvalue weighted by atomic mass is 32.2. The van der Waals surface area contributed by atoms with Crippen LogP contribution in [-0.2, 0) is 4.79 Å². The van der Waals surface area contributed by atoms with E-state index in [4.69, 9.17) is 0 Å². The smallest absolute Gasteiger partial charge is 0.266 e. The summed E-state index contributed by atoms with van der Waals surface area (Å²) in [5.74, 6) is -2.21. The molecule has 0 radical (unpaired) electrons. The van der Waals surface area contributed by atoms with Crippen molar-refractivity contribution in [2.75, 3.05) is 11.1 Å². The van der Waals surface area contributed by atoms with Gasteiger partial charge in [0.1, 0.15) is 11.6 Å². The quantitative estimate of drug-likeness (QED) is 0.342. The average Bonchev–Trinajstić information content (AvgIpc) is 2.76. The number of benzene rings is 3. The van der Waals surface area contributed by atoms with E-state index in [-0.39, 0.29) is 17.0 Å². The number of rotatable bonds is 5. The summed E-state index contributed by atoms with van der Waals surface area (Å²) in [4.78, 5) is 30.4. The van der Waals surface area contributed by atoms with E-state index in [0.717, 1.165) is 35.0 Å². The Morgan fingerprint density at radius 2 is 1.84 bits per heavy atom. The van der Waals surface area contributed by atoms with Crippen molar-refractivity contribution in [2.24, 2.45) is 0 Å². The summed E-state index contributed by atoms with van der Waals surface area (Å²) in [6.45, 7) is 3.83. The molecule has 0 aliphatic rings. The molecule has 0 bridgehead atoms. The zero-order valence-corrected chi connectivity index (χ0v) is 18.2. The van der Waals surface area contributed by atoms with E-state index in [0.29, 0.717) is 27.8 Å². The Morgan fingerprint density at radius 3 is 2.62 bits per heavy atom. The van der Waals surface area contributed by atoms with E-state index < -0.39 is 17.5 Å². The van der Waals surface area contributed by atoms with Crippen LogP contribution in [0.15, 0.2) is 70.6 Å². The van der Waals surface area contributed by atoms with Crippen LogP contribution in [0.1, 0.15) is 11.1 Å². The molecule has 4 aromatic rings. The number of aryl methyl sites for hydroxylation is 2. The molecule has 4 rings (SSSR count). The summed E-state index contributed by atoms with van der Waals surface area (Å²) < 4.78 is 28.4. The molecule has 0 unspecified atom stereocenters. The number of nitrogens with one attached hydrogen (secondary N) is 1. The van der Waals surface area contributed by atoms with Crippen molar-refractivity contribution in [3.63, 3.8) is 0 Å². The molecule has 0 atom stereocenters. The molecule has 5 nitrogen and oxygen atoms in total. The van der Waals surface area contributed by atoms with Crippen LogP contribution in [0.2, 0.25) is 0 Å². The van der Waals surface area contributed by atoms with Crippen molar-refractivity contribution in [1.29, 1.82) is 0 Å². The fourth-order valence-electron chi connectivity index (χ4n) is 3.29. The van der Waals surface area contributed by atoms with E-state index in [1.54, 1.807) is 24.3 Å². The van der Waals surface area contributed by atoms with Gasteiger partial charge in [-0.2, -0.15) is 0 Å². The second-order valence-corrected chi connectivity index (χ2v) is 8.25. The number of thioether (sulfide) groups is 1. The molecule has 162 valence electrons. The molecule has 32 heavy (non-hydrogen) atoms. The number of halogens is 2. The van der Waals surface area contributed by atoms with Crippen LogP contribution in [0.25, 0.3) is 16.6 Å². The molecule has 1 N–H and O–H groups in total. The minimum absolute atomic E-state index is 0.115. The van der Waals surface area contributed by atoms with E-state index in [1.807, 2.05) is 32.0 Å². The number of anilines is 1. The third-order valence-corrected chi connectivity index (χ3v) is 5.83. The molecule has 1 amide bonds. The second-order valence-electron chi connectivity index (χ2n) is 7.30. The first-order valence-corrected chi connectivity index (χ1v) is 10.8. The van der Waals surface area contributed by atoms with E-state index in [2.05, 4.69) is 10.3 Å². The normalized spacial score (nSPS) is 11.0. The number of amides is 1. The molecule has 0 saturated heterocycles. The van der Waals surface area contributed by atoms with Gasteiger partial charge in [0.15, 0.2) is 5.16 Å². The molecule has 0 saturated carbocycles. The zero-order valence-electron chi connectivity index (χ0n) is 17.4. The molecule has 1 aromatic heterocycles. The number of hydrogen-bond donors (Lipinski definition) is 1. The van der Waals surface area contributed by atoms with Gasteiger partial charge in [-0.25, -0.2) is 13.8 Å². The van der Waals surface area contributed by atoms with Gasteiger partial charge >= 0.3 is 0 Å².